The number of H-pyrrole nitrogens is 1. The van der Waals surface area contributed by atoms with E-state index in [1.54, 1.807) is 11.3 Å². The van der Waals surface area contributed by atoms with E-state index < -0.39 is 0 Å². The highest BCUT2D eigenvalue weighted by molar-refractivity contribution is 7.15. The molecule has 2 N–H and O–H groups in total. The predicted molar refractivity (Wildman–Crippen MR) is 70.0 cm³/mol. The summed E-state index contributed by atoms with van der Waals surface area (Å²) in [6, 6.07) is 6.29. The second kappa shape index (κ2) is 3.94. The molecular formula is C12H17N3S. The van der Waals surface area contributed by atoms with Crippen LogP contribution in [0.2, 0.25) is 0 Å². The standard InChI is InChI=1S/C12H17N3S/c1-8-5-6-10(16-8)9-7-11(15-14-9)13-12(2,3)4/h5-7H,1-4H3,(H2,13,14,15). The lowest BCUT2D eigenvalue weighted by Crippen LogP contribution is -2.26. The van der Waals surface area contributed by atoms with Gasteiger partial charge in [-0.05, 0) is 39.8 Å². The lowest BCUT2D eigenvalue weighted by atomic mass is 10.1. The Hall–Kier alpha value is -1.29. The Labute approximate surface area is 99.9 Å². The summed E-state index contributed by atoms with van der Waals surface area (Å²) in [6.07, 6.45) is 0. The number of nitrogens with one attached hydrogen (secondary N) is 2. The van der Waals surface area contributed by atoms with Crippen molar-refractivity contribution >= 4 is 17.2 Å². The molecule has 4 heteroatoms. The molecular weight excluding hydrogens is 218 g/mol. The minimum Gasteiger partial charge on any atom is -0.364 e. The van der Waals surface area contributed by atoms with Crippen LogP contribution >= 0.6 is 11.3 Å². The molecule has 0 saturated carbocycles. The van der Waals surface area contributed by atoms with E-state index in [-0.39, 0.29) is 5.54 Å². The lowest BCUT2D eigenvalue weighted by molar-refractivity contribution is 0.630. The van der Waals surface area contributed by atoms with Crippen molar-refractivity contribution in [3.63, 3.8) is 0 Å². The Balaban J connectivity index is 2.20. The first-order valence-electron chi connectivity index (χ1n) is 5.34. The van der Waals surface area contributed by atoms with Crippen LogP contribution in [0.1, 0.15) is 25.6 Å². The third-order valence-electron chi connectivity index (χ3n) is 2.09. The molecule has 0 spiro atoms. The van der Waals surface area contributed by atoms with Gasteiger partial charge < -0.3 is 5.32 Å². The number of aromatic amines is 1. The van der Waals surface area contributed by atoms with E-state index in [2.05, 4.69) is 61.4 Å². The van der Waals surface area contributed by atoms with Crippen molar-refractivity contribution in [1.82, 2.24) is 10.2 Å². The van der Waals surface area contributed by atoms with Gasteiger partial charge in [0.25, 0.3) is 0 Å². The highest BCUT2D eigenvalue weighted by atomic mass is 32.1. The van der Waals surface area contributed by atoms with Crippen molar-refractivity contribution in [2.75, 3.05) is 5.32 Å². The highest BCUT2D eigenvalue weighted by Crippen LogP contribution is 2.27. The maximum Gasteiger partial charge on any atom is 0.148 e. The third kappa shape index (κ3) is 2.64. The molecule has 0 saturated heterocycles. The van der Waals surface area contributed by atoms with E-state index in [1.807, 2.05) is 0 Å². The molecule has 16 heavy (non-hydrogen) atoms. The number of nitrogens with zero attached hydrogens (tertiary/aromatic N) is 1. The average Bonchev–Trinajstić information content (AvgIpc) is 2.71. The Morgan fingerprint density at radius 3 is 2.62 bits per heavy atom. The largest absolute Gasteiger partial charge is 0.364 e. The van der Waals surface area contributed by atoms with E-state index in [4.69, 9.17) is 0 Å². The van der Waals surface area contributed by atoms with Gasteiger partial charge in [-0.25, -0.2) is 0 Å². The van der Waals surface area contributed by atoms with E-state index in [9.17, 15) is 0 Å². The van der Waals surface area contributed by atoms with Crippen molar-refractivity contribution in [2.24, 2.45) is 0 Å². The molecule has 0 aliphatic heterocycles. The van der Waals surface area contributed by atoms with Gasteiger partial charge in [-0.15, -0.1) is 11.3 Å². The minimum absolute atomic E-state index is 0.0395. The first kappa shape index (κ1) is 11.2. The zero-order chi connectivity index (χ0) is 11.8. The third-order valence-corrected chi connectivity index (χ3v) is 3.12. The van der Waals surface area contributed by atoms with Crippen molar-refractivity contribution in [3.05, 3.63) is 23.1 Å². The van der Waals surface area contributed by atoms with Crippen LogP contribution in [0, 0.1) is 6.92 Å². The quantitative estimate of drug-likeness (QED) is 0.834. The number of aromatic nitrogens is 2. The molecule has 0 aliphatic rings. The van der Waals surface area contributed by atoms with Gasteiger partial charge in [0.2, 0.25) is 0 Å². The molecule has 2 heterocycles. The molecule has 0 bridgehead atoms. The van der Waals surface area contributed by atoms with E-state index in [1.165, 1.54) is 9.75 Å². The number of thiophene rings is 1. The van der Waals surface area contributed by atoms with Crippen molar-refractivity contribution in [2.45, 2.75) is 33.2 Å². The molecule has 3 nitrogen and oxygen atoms in total. The summed E-state index contributed by atoms with van der Waals surface area (Å²) in [5.74, 6) is 0.897. The monoisotopic (exact) mass is 235 g/mol. The second-order valence-electron chi connectivity index (χ2n) is 4.95. The number of hydrogen-bond acceptors (Lipinski definition) is 3. The molecule has 0 radical (unpaired) electrons. The Bertz CT molecular complexity index is 476. The maximum atomic E-state index is 4.26. The van der Waals surface area contributed by atoms with Gasteiger partial charge in [0.05, 0.1) is 10.6 Å². The zero-order valence-electron chi connectivity index (χ0n) is 10.1. The fourth-order valence-corrected chi connectivity index (χ4v) is 2.31. The van der Waals surface area contributed by atoms with Crippen molar-refractivity contribution in [3.8, 4) is 10.6 Å². The first-order chi connectivity index (χ1) is 7.44. The average molecular weight is 235 g/mol. The van der Waals surface area contributed by atoms with Crippen LogP contribution in [-0.2, 0) is 0 Å². The molecule has 0 unspecified atom stereocenters. The van der Waals surface area contributed by atoms with Crippen LogP contribution in [-0.4, -0.2) is 15.7 Å². The molecule has 0 aliphatic carbocycles. The lowest BCUT2D eigenvalue weighted by Gasteiger charge is -2.19. The summed E-state index contributed by atoms with van der Waals surface area (Å²) in [5, 5.41) is 10.7. The van der Waals surface area contributed by atoms with E-state index in [0.29, 0.717) is 0 Å². The van der Waals surface area contributed by atoms with Crippen LogP contribution in [0.5, 0.6) is 0 Å². The summed E-state index contributed by atoms with van der Waals surface area (Å²) in [4.78, 5) is 2.54. The fraction of sp³-hybridized carbons (Fsp3) is 0.417. The summed E-state index contributed by atoms with van der Waals surface area (Å²) in [7, 11) is 0. The highest BCUT2D eigenvalue weighted by Gasteiger charge is 2.12. The maximum absolute atomic E-state index is 4.26. The second-order valence-corrected chi connectivity index (χ2v) is 6.24. The molecule has 86 valence electrons. The number of anilines is 1. The number of hydrogen-bond donors (Lipinski definition) is 2. The van der Waals surface area contributed by atoms with Gasteiger partial charge in [-0.2, -0.15) is 5.10 Å². The topological polar surface area (TPSA) is 40.7 Å². The summed E-state index contributed by atoms with van der Waals surface area (Å²) < 4.78 is 0. The van der Waals surface area contributed by atoms with Crippen LogP contribution in [0.4, 0.5) is 5.82 Å². The normalized spacial score (nSPS) is 11.8. The van der Waals surface area contributed by atoms with Crippen LogP contribution in [0.25, 0.3) is 10.6 Å². The van der Waals surface area contributed by atoms with Crippen LogP contribution in [0.3, 0.4) is 0 Å². The number of aryl methyl sites for hydroxylation is 1. The van der Waals surface area contributed by atoms with Gasteiger partial charge in [0.1, 0.15) is 5.82 Å². The molecule has 2 rings (SSSR count). The number of rotatable bonds is 2. The summed E-state index contributed by atoms with van der Waals surface area (Å²) in [5.41, 5.74) is 1.11. The fourth-order valence-electron chi connectivity index (χ4n) is 1.48. The van der Waals surface area contributed by atoms with Crippen molar-refractivity contribution < 1.29 is 0 Å². The van der Waals surface area contributed by atoms with Gasteiger partial charge in [0, 0.05) is 16.5 Å². The molecule has 0 atom stereocenters. The molecule has 0 amide bonds. The van der Waals surface area contributed by atoms with Gasteiger partial charge in [-0.3, -0.25) is 5.10 Å². The molecule has 0 aromatic carbocycles. The van der Waals surface area contributed by atoms with Gasteiger partial charge in [-0.1, -0.05) is 0 Å². The van der Waals surface area contributed by atoms with Crippen LogP contribution < -0.4 is 5.32 Å². The molecule has 2 aromatic rings. The van der Waals surface area contributed by atoms with Crippen molar-refractivity contribution in [1.29, 1.82) is 0 Å². The molecule has 0 fully saturated rings. The summed E-state index contributed by atoms with van der Waals surface area (Å²) in [6.45, 7) is 8.47. The van der Waals surface area contributed by atoms with Gasteiger partial charge >= 0.3 is 0 Å². The first-order valence-corrected chi connectivity index (χ1v) is 6.16. The SMILES string of the molecule is Cc1ccc(-c2cc(NC(C)(C)C)n[nH]2)s1. The predicted octanol–water partition coefficient (Wildman–Crippen LogP) is 3.66. The smallest absolute Gasteiger partial charge is 0.148 e. The zero-order valence-corrected chi connectivity index (χ0v) is 10.9. The Kier molecular flexibility index (Phi) is 2.76. The Morgan fingerprint density at radius 2 is 2.06 bits per heavy atom. The van der Waals surface area contributed by atoms with Gasteiger partial charge in [0.15, 0.2) is 0 Å². The minimum atomic E-state index is 0.0395. The van der Waals surface area contributed by atoms with E-state index >= 15 is 0 Å². The Morgan fingerprint density at radius 1 is 1.31 bits per heavy atom. The molecule has 2 aromatic heterocycles. The summed E-state index contributed by atoms with van der Waals surface area (Å²) >= 11 is 1.77. The van der Waals surface area contributed by atoms with E-state index in [0.717, 1.165) is 11.5 Å². The van der Waals surface area contributed by atoms with Crippen LogP contribution in [0.15, 0.2) is 18.2 Å².